The normalized spacial score (nSPS) is 11.5. The predicted octanol–water partition coefficient (Wildman–Crippen LogP) is 17.2. The summed E-state index contributed by atoms with van der Waals surface area (Å²) in [5, 5.41) is 9.58. The molecule has 62 heavy (non-hydrogen) atoms. The Hall–Kier alpha value is -8.20. The van der Waals surface area contributed by atoms with E-state index in [4.69, 9.17) is 4.42 Å². The maximum atomic E-state index is 6.60. The molecular weight excluding hydrogens is 751 g/mol. The molecule has 0 atom stereocenters. The number of rotatable bonds is 7. The molecule has 0 saturated carbocycles. The second kappa shape index (κ2) is 14.8. The maximum absolute atomic E-state index is 6.60. The van der Waals surface area contributed by atoms with Gasteiger partial charge in [-0.1, -0.05) is 182 Å². The minimum absolute atomic E-state index is 0.862. The van der Waals surface area contributed by atoms with Crippen LogP contribution in [0.15, 0.2) is 241 Å². The molecule has 12 aromatic rings. The summed E-state index contributed by atoms with van der Waals surface area (Å²) >= 11 is 0. The maximum Gasteiger partial charge on any atom is 0.137 e. The fourth-order valence-electron chi connectivity index (χ4n) is 9.43. The molecule has 0 unspecified atom stereocenters. The molecule has 0 spiro atoms. The van der Waals surface area contributed by atoms with E-state index in [2.05, 4.69) is 241 Å². The molecule has 0 aliphatic carbocycles. The third-order valence-electron chi connectivity index (χ3n) is 12.5. The second-order valence-electron chi connectivity index (χ2n) is 16.1. The molecule has 290 valence electrons. The fourth-order valence-corrected chi connectivity index (χ4v) is 9.43. The highest BCUT2D eigenvalue weighted by molar-refractivity contribution is 6.17. The van der Waals surface area contributed by atoms with Gasteiger partial charge in [0.05, 0.1) is 11.1 Å². The van der Waals surface area contributed by atoms with Gasteiger partial charge in [0.15, 0.2) is 0 Å². The summed E-state index contributed by atoms with van der Waals surface area (Å²) in [6.45, 7) is 0. The standard InChI is InChI=1S/C60H39NO/c1-2-13-40(14-3-1)41-25-27-42(28-26-41)43-29-33-48(34-30-43)61(57-23-12-24-58-60(57)56-37-45-15-4-5-16-46(45)39-59(56)62-58)49-35-31-44(32-36-49)50-18-8-9-21-53(50)55-38-47-17-6-7-19-51(47)52-20-10-11-22-54(52)55/h1-39H. The minimum atomic E-state index is 0.862. The largest absolute Gasteiger partial charge is 0.456 e. The Labute approximate surface area is 360 Å². The number of hydrogen-bond donors (Lipinski definition) is 0. The van der Waals surface area contributed by atoms with Crippen molar-refractivity contribution in [3.05, 3.63) is 237 Å². The number of fused-ring (bicyclic) bond motifs is 7. The first kappa shape index (κ1) is 35.7. The van der Waals surface area contributed by atoms with Gasteiger partial charge in [0.2, 0.25) is 0 Å². The number of nitrogens with zero attached hydrogens (tertiary/aromatic N) is 1. The first-order chi connectivity index (χ1) is 30.7. The van der Waals surface area contributed by atoms with Crippen LogP contribution < -0.4 is 4.90 Å². The van der Waals surface area contributed by atoms with Crippen molar-refractivity contribution in [1.29, 1.82) is 0 Å². The van der Waals surface area contributed by atoms with Crippen LogP contribution in [0.3, 0.4) is 0 Å². The smallest absolute Gasteiger partial charge is 0.137 e. The van der Waals surface area contributed by atoms with Crippen LogP contribution in [0, 0.1) is 0 Å². The molecule has 0 N–H and O–H groups in total. The molecular formula is C60H39NO. The van der Waals surface area contributed by atoms with Gasteiger partial charge in [0, 0.05) is 16.8 Å². The van der Waals surface area contributed by atoms with E-state index < -0.39 is 0 Å². The van der Waals surface area contributed by atoms with Crippen LogP contribution in [0.1, 0.15) is 0 Å². The molecule has 1 aromatic heterocycles. The van der Waals surface area contributed by atoms with E-state index in [1.165, 1.54) is 65.9 Å². The summed E-state index contributed by atoms with van der Waals surface area (Å²) in [4.78, 5) is 2.38. The number of benzene rings is 11. The lowest BCUT2D eigenvalue weighted by molar-refractivity contribution is 0.669. The monoisotopic (exact) mass is 789 g/mol. The molecule has 0 bridgehead atoms. The first-order valence-corrected chi connectivity index (χ1v) is 21.2. The third-order valence-corrected chi connectivity index (χ3v) is 12.5. The quantitative estimate of drug-likeness (QED) is 0.150. The molecule has 0 fully saturated rings. The summed E-state index contributed by atoms with van der Waals surface area (Å²) in [7, 11) is 0. The Balaban J connectivity index is 0.987. The number of hydrogen-bond acceptors (Lipinski definition) is 2. The molecule has 0 saturated heterocycles. The van der Waals surface area contributed by atoms with Gasteiger partial charge in [0.25, 0.3) is 0 Å². The Kier molecular flexibility index (Phi) is 8.53. The highest BCUT2D eigenvalue weighted by Crippen LogP contribution is 2.45. The second-order valence-corrected chi connectivity index (χ2v) is 16.1. The lowest BCUT2D eigenvalue weighted by atomic mass is 9.89. The first-order valence-electron chi connectivity index (χ1n) is 21.2. The van der Waals surface area contributed by atoms with E-state index in [1.807, 2.05) is 0 Å². The zero-order chi connectivity index (χ0) is 41.0. The van der Waals surface area contributed by atoms with Crippen LogP contribution in [-0.4, -0.2) is 0 Å². The SMILES string of the molecule is c1ccc(-c2ccc(-c3ccc(N(c4ccc(-c5ccccc5-c5cc6ccccc6c6ccccc56)cc4)c4cccc5oc6cc7ccccc7cc6c45)cc3)cc2)cc1. The van der Waals surface area contributed by atoms with E-state index in [1.54, 1.807) is 0 Å². The summed E-state index contributed by atoms with van der Waals surface area (Å²) in [5.74, 6) is 0. The van der Waals surface area contributed by atoms with Crippen molar-refractivity contribution in [2.45, 2.75) is 0 Å². The van der Waals surface area contributed by atoms with E-state index in [0.717, 1.165) is 50.0 Å². The topological polar surface area (TPSA) is 16.4 Å². The molecule has 2 nitrogen and oxygen atoms in total. The Morgan fingerprint density at radius 1 is 0.274 bits per heavy atom. The van der Waals surface area contributed by atoms with Crippen LogP contribution >= 0.6 is 0 Å². The molecule has 0 aliphatic rings. The van der Waals surface area contributed by atoms with Gasteiger partial charge in [-0.05, 0) is 131 Å². The van der Waals surface area contributed by atoms with Gasteiger partial charge in [-0.25, -0.2) is 0 Å². The molecule has 0 amide bonds. The van der Waals surface area contributed by atoms with Crippen LogP contribution in [0.4, 0.5) is 17.1 Å². The van der Waals surface area contributed by atoms with Gasteiger partial charge >= 0.3 is 0 Å². The summed E-state index contributed by atoms with van der Waals surface area (Å²) in [6, 6.07) is 85.4. The third kappa shape index (κ3) is 6.12. The van der Waals surface area contributed by atoms with Crippen LogP contribution in [-0.2, 0) is 0 Å². The van der Waals surface area contributed by atoms with Crippen LogP contribution in [0.5, 0.6) is 0 Å². The van der Waals surface area contributed by atoms with Crippen LogP contribution in [0.25, 0.3) is 98.8 Å². The van der Waals surface area contributed by atoms with E-state index in [9.17, 15) is 0 Å². The average molecular weight is 790 g/mol. The Bertz CT molecular complexity index is 3600. The van der Waals surface area contributed by atoms with Crippen molar-refractivity contribution in [3.63, 3.8) is 0 Å². The van der Waals surface area contributed by atoms with Gasteiger partial charge in [-0.15, -0.1) is 0 Å². The van der Waals surface area contributed by atoms with E-state index >= 15 is 0 Å². The van der Waals surface area contributed by atoms with Gasteiger partial charge in [-0.2, -0.15) is 0 Å². The van der Waals surface area contributed by atoms with Gasteiger partial charge in [-0.3, -0.25) is 0 Å². The van der Waals surface area contributed by atoms with Crippen molar-refractivity contribution in [1.82, 2.24) is 0 Å². The fraction of sp³-hybridized carbons (Fsp3) is 0. The average Bonchev–Trinajstić information content (AvgIpc) is 3.72. The molecule has 1 heterocycles. The summed E-state index contributed by atoms with van der Waals surface area (Å²) in [5.41, 5.74) is 14.5. The Morgan fingerprint density at radius 2 is 0.790 bits per heavy atom. The number of furan rings is 1. The summed E-state index contributed by atoms with van der Waals surface area (Å²) < 4.78 is 6.60. The van der Waals surface area contributed by atoms with Crippen molar-refractivity contribution in [2.75, 3.05) is 4.90 Å². The van der Waals surface area contributed by atoms with Crippen molar-refractivity contribution in [2.24, 2.45) is 0 Å². The number of anilines is 3. The molecule has 0 radical (unpaired) electrons. The van der Waals surface area contributed by atoms with Gasteiger partial charge < -0.3 is 9.32 Å². The molecule has 11 aromatic carbocycles. The van der Waals surface area contributed by atoms with E-state index in [0.29, 0.717) is 0 Å². The highest BCUT2D eigenvalue weighted by Gasteiger charge is 2.21. The summed E-state index contributed by atoms with van der Waals surface area (Å²) in [6.07, 6.45) is 0. The molecule has 12 rings (SSSR count). The molecule has 0 aliphatic heterocycles. The lowest BCUT2D eigenvalue weighted by Gasteiger charge is -2.27. The zero-order valence-corrected chi connectivity index (χ0v) is 33.9. The van der Waals surface area contributed by atoms with E-state index in [-0.39, 0.29) is 0 Å². The van der Waals surface area contributed by atoms with Crippen LogP contribution in [0.2, 0.25) is 0 Å². The zero-order valence-electron chi connectivity index (χ0n) is 33.9. The molecule has 2 heteroatoms. The van der Waals surface area contributed by atoms with Gasteiger partial charge in [0.1, 0.15) is 11.2 Å². The van der Waals surface area contributed by atoms with Crippen molar-refractivity contribution < 1.29 is 4.42 Å². The Morgan fingerprint density at radius 3 is 1.48 bits per heavy atom. The highest BCUT2D eigenvalue weighted by atomic mass is 16.3. The predicted molar refractivity (Wildman–Crippen MR) is 263 cm³/mol. The van der Waals surface area contributed by atoms with Crippen molar-refractivity contribution in [3.8, 4) is 44.5 Å². The lowest BCUT2D eigenvalue weighted by Crippen LogP contribution is -2.10. The minimum Gasteiger partial charge on any atom is -0.456 e. The van der Waals surface area contributed by atoms with Crippen molar-refractivity contribution >= 4 is 71.3 Å².